The first-order chi connectivity index (χ1) is 10.4. The fourth-order valence-corrected chi connectivity index (χ4v) is 4.55. The molecule has 0 spiro atoms. The fourth-order valence-electron chi connectivity index (χ4n) is 4.55. The van der Waals surface area contributed by atoms with E-state index in [4.69, 9.17) is 10.00 Å². The van der Waals surface area contributed by atoms with Gasteiger partial charge in [0.1, 0.15) is 6.04 Å². The third-order valence-electron chi connectivity index (χ3n) is 6.88. The summed E-state index contributed by atoms with van der Waals surface area (Å²) in [5.74, 6) is 0.0494. The number of fused-ring (bicyclic) bond motifs is 2. The van der Waals surface area contributed by atoms with Gasteiger partial charge in [0, 0.05) is 12.1 Å². The van der Waals surface area contributed by atoms with E-state index in [9.17, 15) is 4.79 Å². The Hall–Kier alpha value is -1.12. The number of likely N-dealkylation sites (tertiary alicyclic amines) is 1. The van der Waals surface area contributed by atoms with Gasteiger partial charge in [-0.2, -0.15) is 5.26 Å². The molecule has 2 saturated heterocycles. The minimum atomic E-state index is -0.240. The molecule has 0 radical (unpaired) electrons. The summed E-state index contributed by atoms with van der Waals surface area (Å²) in [7, 11) is 0. The molecule has 5 heteroatoms. The summed E-state index contributed by atoms with van der Waals surface area (Å²) in [6, 6.07) is 2.00. The number of ether oxygens (including phenoxy) is 1. The van der Waals surface area contributed by atoms with E-state index in [0.29, 0.717) is 19.7 Å². The Kier molecular flexibility index (Phi) is 3.73. The van der Waals surface area contributed by atoms with Gasteiger partial charge in [0.15, 0.2) is 0 Å². The zero-order valence-electron chi connectivity index (χ0n) is 13.9. The van der Waals surface area contributed by atoms with Crippen LogP contribution >= 0.6 is 0 Å². The van der Waals surface area contributed by atoms with Crippen LogP contribution in [0.15, 0.2) is 0 Å². The van der Waals surface area contributed by atoms with E-state index in [2.05, 4.69) is 32.2 Å². The smallest absolute Gasteiger partial charge is 0.237 e. The fraction of sp³-hybridized carbons (Fsp3) is 0.882. The molecule has 1 aliphatic carbocycles. The number of carbonyl (C=O) groups is 1. The van der Waals surface area contributed by atoms with Gasteiger partial charge >= 0.3 is 0 Å². The van der Waals surface area contributed by atoms with Gasteiger partial charge in [-0.25, -0.2) is 0 Å². The van der Waals surface area contributed by atoms with Gasteiger partial charge in [-0.1, -0.05) is 20.8 Å². The zero-order valence-corrected chi connectivity index (χ0v) is 13.9. The van der Waals surface area contributed by atoms with E-state index in [0.717, 1.165) is 32.3 Å². The molecule has 3 aliphatic rings. The maximum absolute atomic E-state index is 12.5. The van der Waals surface area contributed by atoms with Crippen molar-refractivity contribution < 1.29 is 9.53 Å². The van der Waals surface area contributed by atoms with Crippen LogP contribution in [0.4, 0.5) is 0 Å². The van der Waals surface area contributed by atoms with Gasteiger partial charge in [-0.05, 0) is 36.5 Å². The summed E-state index contributed by atoms with van der Waals surface area (Å²) in [6.45, 7) is 9.39. The topological polar surface area (TPSA) is 65.4 Å². The molecular formula is C17H27N3O2. The summed E-state index contributed by atoms with van der Waals surface area (Å²) in [5.41, 5.74) is 0.139. The first kappa shape index (κ1) is 15.8. The molecule has 5 nitrogen and oxygen atoms in total. The largest absolute Gasteiger partial charge is 0.379 e. The van der Waals surface area contributed by atoms with Crippen molar-refractivity contribution in [2.45, 2.75) is 58.0 Å². The van der Waals surface area contributed by atoms with Gasteiger partial charge in [-0.15, -0.1) is 0 Å². The number of nitrogens with one attached hydrogen (secondary N) is 1. The van der Waals surface area contributed by atoms with Crippen molar-refractivity contribution in [3.05, 3.63) is 0 Å². The molecule has 1 saturated carbocycles. The molecule has 0 aromatic rings. The molecule has 0 aromatic carbocycles. The van der Waals surface area contributed by atoms with Crippen LogP contribution in [0.25, 0.3) is 0 Å². The molecule has 2 heterocycles. The van der Waals surface area contributed by atoms with Crippen LogP contribution in [0.1, 0.15) is 46.5 Å². The predicted octanol–water partition coefficient (Wildman–Crippen LogP) is 1.69. The highest BCUT2D eigenvalue weighted by molar-refractivity contribution is 5.79. The van der Waals surface area contributed by atoms with Crippen LogP contribution in [0.3, 0.4) is 0 Å². The summed E-state index contributed by atoms with van der Waals surface area (Å²) < 4.78 is 5.86. The van der Waals surface area contributed by atoms with Crippen molar-refractivity contribution in [2.75, 3.05) is 26.3 Å². The van der Waals surface area contributed by atoms with E-state index in [-0.39, 0.29) is 28.3 Å². The molecule has 1 amide bonds. The van der Waals surface area contributed by atoms with Crippen LogP contribution in [0, 0.1) is 22.2 Å². The summed E-state index contributed by atoms with van der Waals surface area (Å²) in [4.78, 5) is 14.2. The number of nitrogens with zero attached hydrogens (tertiary/aromatic N) is 2. The highest BCUT2D eigenvalue weighted by atomic mass is 16.5. The van der Waals surface area contributed by atoms with Crippen LogP contribution in [0.5, 0.6) is 0 Å². The second kappa shape index (κ2) is 5.21. The minimum Gasteiger partial charge on any atom is -0.379 e. The SMILES string of the molecule is CC1(C)[C@@]2(C)CC[C@]1(NCC(=O)N1CCC[C@H]1C#N)COC2. The van der Waals surface area contributed by atoms with Gasteiger partial charge < -0.3 is 15.0 Å². The molecule has 122 valence electrons. The van der Waals surface area contributed by atoms with E-state index in [1.807, 2.05) is 0 Å². The van der Waals surface area contributed by atoms with Crippen molar-refractivity contribution >= 4 is 5.91 Å². The predicted molar refractivity (Wildman–Crippen MR) is 83.0 cm³/mol. The second-order valence-corrected chi connectivity index (χ2v) is 7.99. The lowest BCUT2D eigenvalue weighted by Gasteiger charge is -2.53. The van der Waals surface area contributed by atoms with E-state index in [1.165, 1.54) is 0 Å². The van der Waals surface area contributed by atoms with Crippen LogP contribution in [-0.4, -0.2) is 48.7 Å². The van der Waals surface area contributed by atoms with Crippen molar-refractivity contribution in [1.82, 2.24) is 10.2 Å². The molecule has 2 aliphatic heterocycles. The van der Waals surface area contributed by atoms with Crippen molar-refractivity contribution in [3.8, 4) is 6.07 Å². The Labute approximate surface area is 133 Å². The van der Waals surface area contributed by atoms with Crippen LogP contribution < -0.4 is 5.32 Å². The van der Waals surface area contributed by atoms with Gasteiger partial charge in [-0.3, -0.25) is 4.79 Å². The number of amides is 1. The number of nitriles is 1. The molecule has 22 heavy (non-hydrogen) atoms. The molecule has 3 atom stereocenters. The lowest BCUT2D eigenvalue weighted by Crippen LogP contribution is -2.64. The van der Waals surface area contributed by atoms with Crippen molar-refractivity contribution in [3.63, 3.8) is 0 Å². The third kappa shape index (κ3) is 2.08. The van der Waals surface area contributed by atoms with E-state index >= 15 is 0 Å². The monoisotopic (exact) mass is 305 g/mol. The molecule has 0 aromatic heterocycles. The van der Waals surface area contributed by atoms with E-state index < -0.39 is 0 Å². The summed E-state index contributed by atoms with van der Waals surface area (Å²) in [5, 5.41) is 12.7. The van der Waals surface area contributed by atoms with Gasteiger partial charge in [0.2, 0.25) is 5.91 Å². The third-order valence-corrected chi connectivity index (χ3v) is 6.88. The van der Waals surface area contributed by atoms with Gasteiger partial charge in [0.25, 0.3) is 0 Å². The standard InChI is InChI=1S/C17H27N3O2/c1-15(2)16(3)6-7-17(15,12-22-11-16)19-10-14(21)20-8-4-5-13(20)9-18/h13,19H,4-8,10-12H2,1-3H3/t13-,16-,17-/m0/s1. The average Bonchev–Trinajstić information content (AvgIpc) is 2.96. The summed E-state index contributed by atoms with van der Waals surface area (Å²) >= 11 is 0. The number of carbonyl (C=O) groups excluding carboxylic acids is 1. The molecule has 2 bridgehead atoms. The maximum Gasteiger partial charge on any atom is 0.237 e. The Balaban J connectivity index is 1.69. The van der Waals surface area contributed by atoms with E-state index in [1.54, 1.807) is 4.90 Å². The highest BCUT2D eigenvalue weighted by Crippen LogP contribution is 2.60. The Morgan fingerprint density at radius 2 is 2.14 bits per heavy atom. The lowest BCUT2D eigenvalue weighted by atomic mass is 9.61. The zero-order chi connectivity index (χ0) is 16.0. The molecule has 3 rings (SSSR count). The molecule has 3 fully saturated rings. The Morgan fingerprint density at radius 1 is 1.36 bits per heavy atom. The minimum absolute atomic E-state index is 0.0494. The number of rotatable bonds is 3. The average molecular weight is 305 g/mol. The highest BCUT2D eigenvalue weighted by Gasteiger charge is 2.63. The molecular weight excluding hydrogens is 278 g/mol. The maximum atomic E-state index is 12.5. The Bertz CT molecular complexity index is 513. The first-order valence-corrected chi connectivity index (χ1v) is 8.37. The normalized spacial score (nSPS) is 39.7. The Morgan fingerprint density at radius 3 is 2.86 bits per heavy atom. The number of hydrogen-bond acceptors (Lipinski definition) is 4. The van der Waals surface area contributed by atoms with Gasteiger partial charge in [0.05, 0.1) is 25.8 Å². The van der Waals surface area contributed by atoms with Crippen molar-refractivity contribution in [1.29, 1.82) is 5.26 Å². The second-order valence-electron chi connectivity index (χ2n) is 7.99. The first-order valence-electron chi connectivity index (χ1n) is 8.37. The van der Waals surface area contributed by atoms with Crippen LogP contribution in [0.2, 0.25) is 0 Å². The van der Waals surface area contributed by atoms with Crippen LogP contribution in [-0.2, 0) is 9.53 Å². The number of hydrogen-bond donors (Lipinski definition) is 1. The summed E-state index contributed by atoms with van der Waals surface area (Å²) in [6.07, 6.45) is 3.92. The molecule has 1 N–H and O–H groups in total. The quantitative estimate of drug-likeness (QED) is 0.861. The lowest BCUT2D eigenvalue weighted by molar-refractivity contribution is -0.134. The van der Waals surface area contributed by atoms with Crippen molar-refractivity contribution in [2.24, 2.45) is 10.8 Å². The molecule has 0 unspecified atom stereocenters.